The van der Waals surface area contributed by atoms with Crippen molar-refractivity contribution in [1.29, 1.82) is 0 Å². The molecule has 2 atom stereocenters. The van der Waals surface area contributed by atoms with Crippen LogP contribution in [0.3, 0.4) is 0 Å². The van der Waals surface area contributed by atoms with E-state index in [4.69, 9.17) is 11.6 Å². The molecule has 1 aliphatic carbocycles. The second kappa shape index (κ2) is 2.18. The maximum absolute atomic E-state index is 6.08. The molecule has 1 heteroatoms. The molecule has 0 N–H and O–H groups in total. The first-order chi connectivity index (χ1) is 4.13. The lowest BCUT2D eigenvalue weighted by Crippen LogP contribution is -2.23. The van der Waals surface area contributed by atoms with Crippen LogP contribution in [0, 0.1) is 5.92 Å². The molecular weight excluding hydrogens is 132 g/mol. The predicted octanol–water partition coefficient (Wildman–Crippen LogP) is 2.75. The van der Waals surface area contributed by atoms with Crippen molar-refractivity contribution in [3.63, 3.8) is 0 Å². The highest BCUT2D eigenvalue weighted by molar-refractivity contribution is 6.25. The first kappa shape index (κ1) is 6.88. The molecule has 0 heterocycles. The second-order valence-electron chi connectivity index (χ2n) is 2.68. The third kappa shape index (κ3) is 1.36. The summed E-state index contributed by atoms with van der Waals surface area (Å²) in [6.45, 7) is 4.15. The average molecular weight is 143 g/mol. The second-order valence-corrected chi connectivity index (χ2v) is 3.50. The molecule has 0 fully saturated rings. The molecule has 0 saturated carbocycles. The van der Waals surface area contributed by atoms with E-state index >= 15 is 0 Å². The highest BCUT2D eigenvalue weighted by Crippen LogP contribution is 2.29. The van der Waals surface area contributed by atoms with Crippen LogP contribution in [0.2, 0.25) is 0 Å². The van der Waals surface area contributed by atoms with Gasteiger partial charge in [-0.15, -0.1) is 11.6 Å². The topological polar surface area (TPSA) is 0 Å². The van der Waals surface area contributed by atoms with Crippen LogP contribution < -0.4 is 0 Å². The van der Waals surface area contributed by atoms with Gasteiger partial charge in [-0.2, -0.15) is 0 Å². The van der Waals surface area contributed by atoms with Crippen molar-refractivity contribution >= 4 is 11.6 Å². The Kier molecular flexibility index (Phi) is 1.67. The van der Waals surface area contributed by atoms with Crippen molar-refractivity contribution in [2.45, 2.75) is 18.7 Å². The lowest BCUT2D eigenvalue weighted by molar-refractivity contribution is 0.589. The summed E-state index contributed by atoms with van der Waals surface area (Å²) < 4.78 is 0. The summed E-state index contributed by atoms with van der Waals surface area (Å²) >= 11 is 6.08. The Hall–Kier alpha value is -0.230. The minimum Gasteiger partial charge on any atom is -0.114 e. The van der Waals surface area contributed by atoms with Gasteiger partial charge in [0.05, 0.1) is 4.87 Å². The molecule has 0 nitrogen and oxygen atoms in total. The van der Waals surface area contributed by atoms with Crippen LogP contribution in [-0.2, 0) is 0 Å². The highest BCUT2D eigenvalue weighted by atomic mass is 35.5. The number of alkyl halides is 1. The van der Waals surface area contributed by atoms with Crippen LogP contribution in [0.15, 0.2) is 24.3 Å². The van der Waals surface area contributed by atoms with Gasteiger partial charge < -0.3 is 0 Å². The van der Waals surface area contributed by atoms with E-state index in [1.807, 2.05) is 25.2 Å². The van der Waals surface area contributed by atoms with Crippen LogP contribution in [0.5, 0.6) is 0 Å². The summed E-state index contributed by atoms with van der Waals surface area (Å²) in [4.78, 5) is -0.158. The van der Waals surface area contributed by atoms with E-state index in [0.29, 0.717) is 5.92 Å². The van der Waals surface area contributed by atoms with E-state index in [2.05, 4.69) is 13.0 Å². The summed E-state index contributed by atoms with van der Waals surface area (Å²) in [5, 5.41) is 0. The molecule has 0 bridgehead atoms. The first-order valence-electron chi connectivity index (χ1n) is 3.18. The molecule has 0 aromatic rings. The van der Waals surface area contributed by atoms with Gasteiger partial charge >= 0.3 is 0 Å². The van der Waals surface area contributed by atoms with E-state index in [0.717, 1.165) is 0 Å². The Morgan fingerprint density at radius 2 is 2.11 bits per heavy atom. The smallest absolute Gasteiger partial charge is 0.0660 e. The summed E-state index contributed by atoms with van der Waals surface area (Å²) in [5.41, 5.74) is 0. The van der Waals surface area contributed by atoms with Crippen LogP contribution >= 0.6 is 11.6 Å². The maximum Gasteiger partial charge on any atom is 0.0660 e. The summed E-state index contributed by atoms with van der Waals surface area (Å²) in [6.07, 6.45) is 8.17. The van der Waals surface area contributed by atoms with Gasteiger partial charge in [-0.1, -0.05) is 31.2 Å². The minimum absolute atomic E-state index is 0.158. The molecule has 0 aliphatic heterocycles. The van der Waals surface area contributed by atoms with E-state index in [9.17, 15) is 0 Å². The Bertz CT molecular complexity index is 154. The highest BCUT2D eigenvalue weighted by Gasteiger charge is 2.24. The molecule has 0 aromatic carbocycles. The van der Waals surface area contributed by atoms with Crippen LogP contribution in [0.25, 0.3) is 0 Å². The number of hydrogen-bond acceptors (Lipinski definition) is 0. The van der Waals surface area contributed by atoms with Gasteiger partial charge in [0.15, 0.2) is 0 Å². The number of allylic oxidation sites excluding steroid dienone is 4. The van der Waals surface area contributed by atoms with Gasteiger partial charge in [0.2, 0.25) is 0 Å². The summed E-state index contributed by atoms with van der Waals surface area (Å²) in [7, 11) is 0. The van der Waals surface area contributed by atoms with Crippen LogP contribution in [-0.4, -0.2) is 4.87 Å². The van der Waals surface area contributed by atoms with Gasteiger partial charge in [-0.3, -0.25) is 0 Å². The average Bonchev–Trinajstić information content (AvgIpc) is 1.77. The number of rotatable bonds is 0. The lowest BCUT2D eigenvalue weighted by atomic mass is 9.91. The fourth-order valence-electron chi connectivity index (χ4n) is 0.814. The monoisotopic (exact) mass is 142 g/mol. The molecule has 0 amide bonds. The van der Waals surface area contributed by atoms with Crippen molar-refractivity contribution in [3.8, 4) is 0 Å². The van der Waals surface area contributed by atoms with Crippen molar-refractivity contribution in [3.05, 3.63) is 24.3 Å². The van der Waals surface area contributed by atoms with Gasteiger partial charge in [0, 0.05) is 0 Å². The Balaban J connectivity index is 2.78. The van der Waals surface area contributed by atoms with Gasteiger partial charge in [0.1, 0.15) is 0 Å². The van der Waals surface area contributed by atoms with E-state index in [1.165, 1.54) is 0 Å². The molecule has 50 valence electrons. The molecular formula is C8H11Cl. The fourth-order valence-corrected chi connectivity index (χ4v) is 0.960. The Morgan fingerprint density at radius 3 is 2.44 bits per heavy atom. The molecule has 0 radical (unpaired) electrons. The zero-order chi connectivity index (χ0) is 6.91. The van der Waals surface area contributed by atoms with Crippen molar-refractivity contribution < 1.29 is 0 Å². The van der Waals surface area contributed by atoms with Crippen LogP contribution in [0.4, 0.5) is 0 Å². The Labute approximate surface area is 61.2 Å². The molecule has 9 heavy (non-hydrogen) atoms. The predicted molar refractivity (Wildman–Crippen MR) is 41.7 cm³/mol. The normalized spacial score (nSPS) is 41.4. The van der Waals surface area contributed by atoms with Gasteiger partial charge in [-0.25, -0.2) is 0 Å². The maximum atomic E-state index is 6.08. The fraction of sp³-hybridized carbons (Fsp3) is 0.500. The minimum atomic E-state index is -0.158. The Morgan fingerprint density at radius 1 is 1.44 bits per heavy atom. The third-order valence-electron chi connectivity index (χ3n) is 1.82. The number of halogens is 1. The molecule has 0 saturated heterocycles. The van der Waals surface area contributed by atoms with Gasteiger partial charge in [-0.05, 0) is 12.8 Å². The molecule has 0 spiro atoms. The lowest BCUT2D eigenvalue weighted by Gasteiger charge is -2.25. The van der Waals surface area contributed by atoms with E-state index in [-0.39, 0.29) is 4.87 Å². The summed E-state index contributed by atoms with van der Waals surface area (Å²) in [6, 6.07) is 0. The summed E-state index contributed by atoms with van der Waals surface area (Å²) in [5.74, 6) is 0.448. The van der Waals surface area contributed by atoms with E-state index in [1.54, 1.807) is 0 Å². The molecule has 0 aromatic heterocycles. The van der Waals surface area contributed by atoms with Crippen molar-refractivity contribution in [1.82, 2.24) is 0 Å². The van der Waals surface area contributed by atoms with E-state index < -0.39 is 0 Å². The third-order valence-corrected chi connectivity index (χ3v) is 2.29. The molecule has 1 rings (SSSR count). The van der Waals surface area contributed by atoms with Crippen molar-refractivity contribution in [2.24, 2.45) is 5.92 Å². The zero-order valence-corrected chi connectivity index (χ0v) is 6.52. The molecule has 2 unspecified atom stereocenters. The standard InChI is InChI=1S/C8H11Cl/c1-7-5-3-4-6-8(7,2)9/h3-7H,1-2H3. The largest absolute Gasteiger partial charge is 0.114 e. The van der Waals surface area contributed by atoms with Crippen molar-refractivity contribution in [2.75, 3.05) is 0 Å². The van der Waals surface area contributed by atoms with Crippen LogP contribution in [0.1, 0.15) is 13.8 Å². The molecule has 1 aliphatic rings. The quantitative estimate of drug-likeness (QED) is 0.457. The zero-order valence-electron chi connectivity index (χ0n) is 5.76. The SMILES string of the molecule is CC1C=CC=CC1(C)Cl. The number of hydrogen-bond donors (Lipinski definition) is 0. The first-order valence-corrected chi connectivity index (χ1v) is 3.55. The van der Waals surface area contributed by atoms with Gasteiger partial charge in [0.25, 0.3) is 0 Å².